The van der Waals surface area contributed by atoms with Gasteiger partial charge in [-0.15, -0.1) is 0 Å². The molecule has 2 N–H and O–H groups in total. The lowest BCUT2D eigenvalue weighted by atomic mass is 10.0. The Morgan fingerprint density at radius 3 is 3.06 bits per heavy atom. The average Bonchev–Trinajstić information content (AvgIpc) is 2.73. The molecule has 1 amide bonds. The fourth-order valence-corrected chi connectivity index (χ4v) is 2.81. The van der Waals surface area contributed by atoms with Crippen molar-refractivity contribution in [2.45, 2.75) is 38.8 Å². The predicted molar refractivity (Wildman–Crippen MR) is 66.5 cm³/mol. The molecule has 0 radical (unpaired) electrons. The monoisotopic (exact) mass is 238 g/mol. The lowest BCUT2D eigenvalue weighted by molar-refractivity contribution is -0.123. The van der Waals surface area contributed by atoms with Crippen molar-refractivity contribution in [1.29, 1.82) is 0 Å². The summed E-state index contributed by atoms with van der Waals surface area (Å²) in [6.07, 6.45) is 3.31. The van der Waals surface area contributed by atoms with E-state index in [9.17, 15) is 4.79 Å². The van der Waals surface area contributed by atoms with Gasteiger partial charge in [-0.2, -0.15) is 11.3 Å². The zero-order chi connectivity index (χ0) is 11.4. The van der Waals surface area contributed by atoms with Gasteiger partial charge in [-0.3, -0.25) is 4.79 Å². The van der Waals surface area contributed by atoms with Gasteiger partial charge in [0.1, 0.15) is 0 Å². The van der Waals surface area contributed by atoms with Crippen LogP contribution in [-0.2, 0) is 11.3 Å². The summed E-state index contributed by atoms with van der Waals surface area (Å²) in [5.41, 5.74) is 2.50. The summed E-state index contributed by atoms with van der Waals surface area (Å²) in [6.45, 7) is 3.71. The molecule has 0 bridgehead atoms. The largest absolute Gasteiger partial charge is 0.351 e. The summed E-state index contributed by atoms with van der Waals surface area (Å²) in [7, 11) is 0. The standard InChI is InChI=1S/C12H18N2OS/c1-9-7-16-8-10(9)6-14-12(15)11-4-2-3-5-13-11/h7-8,11,13H,2-6H2,1H3,(H,14,15). The molecule has 1 fully saturated rings. The normalized spacial score (nSPS) is 20.7. The number of nitrogens with one attached hydrogen (secondary N) is 2. The Bertz CT molecular complexity index is 356. The quantitative estimate of drug-likeness (QED) is 0.843. The maximum atomic E-state index is 11.8. The van der Waals surface area contributed by atoms with Gasteiger partial charge < -0.3 is 10.6 Å². The summed E-state index contributed by atoms with van der Waals surface area (Å²) >= 11 is 1.69. The van der Waals surface area contributed by atoms with E-state index in [1.165, 1.54) is 17.5 Å². The number of carbonyl (C=O) groups excluding carboxylic acids is 1. The van der Waals surface area contributed by atoms with E-state index in [0.29, 0.717) is 6.54 Å². The minimum Gasteiger partial charge on any atom is -0.351 e. The van der Waals surface area contributed by atoms with Crippen LogP contribution in [0.15, 0.2) is 10.8 Å². The molecule has 1 atom stereocenters. The Morgan fingerprint density at radius 1 is 1.56 bits per heavy atom. The highest BCUT2D eigenvalue weighted by atomic mass is 32.1. The van der Waals surface area contributed by atoms with Crippen LogP contribution in [0, 0.1) is 6.92 Å². The average molecular weight is 238 g/mol. The van der Waals surface area contributed by atoms with Crippen LogP contribution in [0.25, 0.3) is 0 Å². The van der Waals surface area contributed by atoms with Gasteiger partial charge in [0.05, 0.1) is 6.04 Å². The van der Waals surface area contributed by atoms with Gasteiger partial charge in [-0.1, -0.05) is 6.42 Å². The van der Waals surface area contributed by atoms with E-state index in [2.05, 4.69) is 28.3 Å². The zero-order valence-corrected chi connectivity index (χ0v) is 10.4. The number of amides is 1. The van der Waals surface area contributed by atoms with Crippen molar-refractivity contribution in [3.05, 3.63) is 21.9 Å². The smallest absolute Gasteiger partial charge is 0.237 e. The molecule has 1 aromatic rings. The molecule has 2 heterocycles. The van der Waals surface area contributed by atoms with E-state index < -0.39 is 0 Å². The first kappa shape index (κ1) is 11.6. The molecule has 0 aliphatic carbocycles. The van der Waals surface area contributed by atoms with E-state index in [1.807, 2.05) is 0 Å². The number of carbonyl (C=O) groups is 1. The van der Waals surface area contributed by atoms with Gasteiger partial charge in [-0.25, -0.2) is 0 Å². The molecule has 2 rings (SSSR count). The van der Waals surface area contributed by atoms with E-state index in [-0.39, 0.29) is 11.9 Å². The van der Waals surface area contributed by atoms with Crippen LogP contribution in [0.1, 0.15) is 30.4 Å². The molecule has 1 aliphatic heterocycles. The Hall–Kier alpha value is -0.870. The van der Waals surface area contributed by atoms with Crippen LogP contribution in [0.4, 0.5) is 0 Å². The van der Waals surface area contributed by atoms with E-state index >= 15 is 0 Å². The van der Waals surface area contributed by atoms with Crippen molar-refractivity contribution >= 4 is 17.2 Å². The van der Waals surface area contributed by atoms with Gasteiger partial charge in [0.25, 0.3) is 0 Å². The number of rotatable bonds is 3. The number of hydrogen-bond donors (Lipinski definition) is 2. The first-order valence-electron chi connectivity index (χ1n) is 5.80. The SMILES string of the molecule is Cc1cscc1CNC(=O)C1CCCCN1. The Labute approximate surface area is 100 Å². The Morgan fingerprint density at radius 2 is 2.44 bits per heavy atom. The van der Waals surface area contributed by atoms with Crippen LogP contribution in [0.3, 0.4) is 0 Å². The number of aryl methyl sites for hydroxylation is 1. The van der Waals surface area contributed by atoms with E-state index in [4.69, 9.17) is 0 Å². The Balaban J connectivity index is 1.81. The van der Waals surface area contributed by atoms with Crippen molar-refractivity contribution in [2.75, 3.05) is 6.54 Å². The first-order chi connectivity index (χ1) is 7.77. The second-order valence-corrected chi connectivity index (χ2v) is 5.04. The number of piperidine rings is 1. The summed E-state index contributed by atoms with van der Waals surface area (Å²) in [4.78, 5) is 11.8. The maximum Gasteiger partial charge on any atom is 0.237 e. The van der Waals surface area contributed by atoms with Crippen LogP contribution in [0.2, 0.25) is 0 Å². The van der Waals surface area contributed by atoms with Crippen LogP contribution in [0.5, 0.6) is 0 Å². The second-order valence-electron chi connectivity index (χ2n) is 4.30. The molecule has 0 aromatic carbocycles. The van der Waals surface area contributed by atoms with Gasteiger partial charge in [0.2, 0.25) is 5.91 Å². The highest BCUT2D eigenvalue weighted by Crippen LogP contribution is 2.13. The van der Waals surface area contributed by atoms with Crippen molar-refractivity contribution in [1.82, 2.24) is 10.6 Å². The van der Waals surface area contributed by atoms with Crippen molar-refractivity contribution in [3.8, 4) is 0 Å². The van der Waals surface area contributed by atoms with Crippen LogP contribution in [-0.4, -0.2) is 18.5 Å². The number of thiophene rings is 1. The zero-order valence-electron chi connectivity index (χ0n) is 9.58. The first-order valence-corrected chi connectivity index (χ1v) is 6.74. The van der Waals surface area contributed by atoms with E-state index in [1.54, 1.807) is 11.3 Å². The van der Waals surface area contributed by atoms with Gasteiger partial charge in [0.15, 0.2) is 0 Å². The molecule has 1 aromatic heterocycles. The Kier molecular flexibility index (Phi) is 3.96. The van der Waals surface area contributed by atoms with Gasteiger partial charge in [0, 0.05) is 6.54 Å². The van der Waals surface area contributed by atoms with Gasteiger partial charge >= 0.3 is 0 Å². The lowest BCUT2D eigenvalue weighted by Gasteiger charge is -2.22. The minimum atomic E-state index is 0.0210. The van der Waals surface area contributed by atoms with Crippen LogP contribution >= 0.6 is 11.3 Å². The molecule has 0 spiro atoms. The summed E-state index contributed by atoms with van der Waals surface area (Å²) < 4.78 is 0. The molecule has 4 heteroatoms. The summed E-state index contributed by atoms with van der Waals surface area (Å²) in [5, 5.41) is 10.5. The van der Waals surface area contributed by atoms with Crippen molar-refractivity contribution < 1.29 is 4.79 Å². The third-order valence-electron chi connectivity index (χ3n) is 3.04. The molecule has 3 nitrogen and oxygen atoms in total. The molecule has 0 saturated carbocycles. The number of hydrogen-bond acceptors (Lipinski definition) is 3. The lowest BCUT2D eigenvalue weighted by Crippen LogP contribution is -2.46. The fraction of sp³-hybridized carbons (Fsp3) is 0.583. The summed E-state index contributed by atoms with van der Waals surface area (Å²) in [6, 6.07) is 0.0210. The summed E-state index contributed by atoms with van der Waals surface area (Å²) in [5.74, 6) is 0.144. The van der Waals surface area contributed by atoms with E-state index in [0.717, 1.165) is 19.4 Å². The highest BCUT2D eigenvalue weighted by molar-refractivity contribution is 7.08. The molecule has 1 aliphatic rings. The fourth-order valence-electron chi connectivity index (χ4n) is 1.95. The van der Waals surface area contributed by atoms with Crippen molar-refractivity contribution in [3.63, 3.8) is 0 Å². The van der Waals surface area contributed by atoms with Crippen molar-refractivity contribution in [2.24, 2.45) is 0 Å². The topological polar surface area (TPSA) is 41.1 Å². The molecule has 1 unspecified atom stereocenters. The highest BCUT2D eigenvalue weighted by Gasteiger charge is 2.19. The maximum absolute atomic E-state index is 11.8. The molecule has 16 heavy (non-hydrogen) atoms. The molecular formula is C12H18N2OS. The third kappa shape index (κ3) is 2.83. The molecule has 88 valence electrons. The third-order valence-corrected chi connectivity index (χ3v) is 3.95. The molecule has 1 saturated heterocycles. The second kappa shape index (κ2) is 5.46. The predicted octanol–water partition coefficient (Wildman–Crippen LogP) is 1.81. The van der Waals surface area contributed by atoms with Crippen LogP contribution < -0.4 is 10.6 Å². The minimum absolute atomic E-state index is 0.0210. The molecular weight excluding hydrogens is 220 g/mol. The van der Waals surface area contributed by atoms with Gasteiger partial charge in [-0.05, 0) is 48.2 Å².